The van der Waals surface area contributed by atoms with E-state index in [1.165, 1.54) is 6.07 Å². The quantitative estimate of drug-likeness (QED) is 0.848. The molecular formula is C14H15ClFNO2. The molecule has 0 saturated carbocycles. The van der Waals surface area contributed by atoms with Gasteiger partial charge in [-0.15, -0.1) is 0 Å². The van der Waals surface area contributed by atoms with E-state index >= 15 is 0 Å². The minimum absolute atomic E-state index is 0.0288. The van der Waals surface area contributed by atoms with E-state index in [-0.39, 0.29) is 23.3 Å². The topological polar surface area (TPSA) is 46.2 Å². The molecule has 1 aromatic rings. The summed E-state index contributed by atoms with van der Waals surface area (Å²) in [4.78, 5) is 23.0. The molecule has 1 fully saturated rings. The largest absolute Gasteiger partial charge is 0.296 e. The molecule has 0 aliphatic carbocycles. The van der Waals surface area contributed by atoms with Gasteiger partial charge in [0, 0.05) is 6.42 Å². The molecule has 1 aliphatic rings. The second kappa shape index (κ2) is 5.29. The maximum atomic E-state index is 13.8. The zero-order valence-electron chi connectivity index (χ0n) is 10.8. The zero-order chi connectivity index (χ0) is 14.2. The van der Waals surface area contributed by atoms with Crippen molar-refractivity contribution >= 4 is 23.4 Å². The van der Waals surface area contributed by atoms with E-state index in [4.69, 9.17) is 11.6 Å². The Labute approximate surface area is 116 Å². The van der Waals surface area contributed by atoms with E-state index in [0.717, 1.165) is 5.56 Å². The van der Waals surface area contributed by atoms with E-state index in [0.29, 0.717) is 12.0 Å². The molecule has 1 atom stereocenters. The van der Waals surface area contributed by atoms with Gasteiger partial charge in [-0.25, -0.2) is 4.39 Å². The van der Waals surface area contributed by atoms with Crippen molar-refractivity contribution in [2.24, 2.45) is 0 Å². The minimum Gasteiger partial charge on any atom is -0.296 e. The number of amides is 2. The van der Waals surface area contributed by atoms with E-state index in [2.05, 4.69) is 5.32 Å². The van der Waals surface area contributed by atoms with Crippen molar-refractivity contribution in [3.05, 3.63) is 34.1 Å². The van der Waals surface area contributed by atoms with Crippen LogP contribution in [-0.4, -0.2) is 11.8 Å². The number of hydrogen-bond acceptors (Lipinski definition) is 2. The number of halogens is 2. The normalized spacial score (nSPS) is 19.7. The average Bonchev–Trinajstić information content (AvgIpc) is 2.33. The van der Waals surface area contributed by atoms with Crippen LogP contribution in [0, 0.1) is 5.82 Å². The van der Waals surface area contributed by atoms with Crippen molar-refractivity contribution in [3.63, 3.8) is 0 Å². The molecule has 2 amide bonds. The van der Waals surface area contributed by atoms with Crippen molar-refractivity contribution < 1.29 is 14.0 Å². The van der Waals surface area contributed by atoms with Crippen LogP contribution in [0.5, 0.6) is 0 Å². The van der Waals surface area contributed by atoms with Crippen molar-refractivity contribution in [1.29, 1.82) is 0 Å². The van der Waals surface area contributed by atoms with Gasteiger partial charge in [0.05, 0.1) is 10.9 Å². The Hall–Kier alpha value is -1.42. The van der Waals surface area contributed by atoms with Crippen LogP contribution in [0.25, 0.3) is 0 Å². The van der Waals surface area contributed by atoms with Gasteiger partial charge in [-0.05, 0) is 29.5 Å². The highest BCUT2D eigenvalue weighted by molar-refractivity contribution is 6.32. The number of rotatable bonds is 2. The average molecular weight is 284 g/mol. The van der Waals surface area contributed by atoms with Crippen LogP contribution in [0.15, 0.2) is 12.1 Å². The van der Waals surface area contributed by atoms with Crippen LogP contribution < -0.4 is 5.32 Å². The van der Waals surface area contributed by atoms with Crippen molar-refractivity contribution in [2.45, 2.75) is 38.5 Å². The highest BCUT2D eigenvalue weighted by Crippen LogP contribution is 2.34. The summed E-state index contributed by atoms with van der Waals surface area (Å²) in [6.45, 7) is 3.88. The molecule has 0 spiro atoms. The lowest BCUT2D eigenvalue weighted by Crippen LogP contribution is -2.39. The van der Waals surface area contributed by atoms with Crippen LogP contribution in [0.3, 0.4) is 0 Å². The van der Waals surface area contributed by atoms with Gasteiger partial charge in [-0.3, -0.25) is 14.9 Å². The number of piperidine rings is 1. The highest BCUT2D eigenvalue weighted by Gasteiger charge is 2.30. The van der Waals surface area contributed by atoms with Gasteiger partial charge in [0.15, 0.2) is 0 Å². The van der Waals surface area contributed by atoms with Gasteiger partial charge >= 0.3 is 0 Å². The molecule has 19 heavy (non-hydrogen) atoms. The molecule has 1 aliphatic heterocycles. The predicted molar refractivity (Wildman–Crippen MR) is 70.6 cm³/mol. The lowest BCUT2D eigenvalue weighted by atomic mass is 9.88. The summed E-state index contributed by atoms with van der Waals surface area (Å²) in [5, 5.41) is 2.24. The fourth-order valence-corrected chi connectivity index (χ4v) is 2.45. The van der Waals surface area contributed by atoms with Crippen LogP contribution in [-0.2, 0) is 9.59 Å². The third-order valence-corrected chi connectivity index (χ3v) is 3.76. The van der Waals surface area contributed by atoms with Crippen molar-refractivity contribution in [1.82, 2.24) is 5.32 Å². The first-order chi connectivity index (χ1) is 8.90. The predicted octanol–water partition coefficient (Wildman–Crippen LogP) is 3.12. The number of carbonyl (C=O) groups is 2. The van der Waals surface area contributed by atoms with Gasteiger partial charge in [0.1, 0.15) is 5.82 Å². The molecule has 0 bridgehead atoms. The Bertz CT molecular complexity index is 542. The first-order valence-electron chi connectivity index (χ1n) is 6.22. The fourth-order valence-electron chi connectivity index (χ4n) is 2.21. The maximum Gasteiger partial charge on any atom is 0.234 e. The molecular weight excluding hydrogens is 269 g/mol. The molecule has 3 nitrogen and oxygen atoms in total. The number of hydrogen-bond donors (Lipinski definition) is 1. The minimum atomic E-state index is -0.557. The van der Waals surface area contributed by atoms with E-state index in [1.807, 2.05) is 13.8 Å². The van der Waals surface area contributed by atoms with Crippen molar-refractivity contribution in [2.75, 3.05) is 0 Å². The lowest BCUT2D eigenvalue weighted by molar-refractivity contribution is -0.134. The molecule has 1 N–H and O–H groups in total. The molecule has 102 valence electrons. The lowest BCUT2D eigenvalue weighted by Gasteiger charge is -2.23. The van der Waals surface area contributed by atoms with Gasteiger partial charge in [0.25, 0.3) is 0 Å². The van der Waals surface area contributed by atoms with Crippen LogP contribution in [0.2, 0.25) is 5.02 Å². The molecule has 0 radical (unpaired) electrons. The molecule has 1 heterocycles. The summed E-state index contributed by atoms with van der Waals surface area (Å²) in [6, 6.07) is 3.15. The molecule has 1 saturated heterocycles. The summed E-state index contributed by atoms with van der Waals surface area (Å²) in [5.41, 5.74) is 1.26. The fraction of sp³-hybridized carbons (Fsp3) is 0.429. The summed E-state index contributed by atoms with van der Waals surface area (Å²) < 4.78 is 13.8. The Morgan fingerprint density at radius 1 is 1.37 bits per heavy atom. The number of carbonyl (C=O) groups excluding carboxylic acids is 2. The molecule has 1 unspecified atom stereocenters. The number of nitrogens with one attached hydrogen (secondary N) is 1. The van der Waals surface area contributed by atoms with Gasteiger partial charge in [-0.1, -0.05) is 31.5 Å². The molecule has 1 aromatic carbocycles. The maximum absolute atomic E-state index is 13.8. The highest BCUT2D eigenvalue weighted by atomic mass is 35.5. The molecule has 0 aromatic heterocycles. The summed E-state index contributed by atoms with van der Waals surface area (Å²) in [5.74, 6) is -1.64. The summed E-state index contributed by atoms with van der Waals surface area (Å²) in [6.07, 6.45) is 0.617. The van der Waals surface area contributed by atoms with E-state index < -0.39 is 17.6 Å². The Balaban J connectivity index is 2.43. The van der Waals surface area contributed by atoms with Crippen LogP contribution in [0.1, 0.15) is 49.7 Å². The monoisotopic (exact) mass is 283 g/mol. The van der Waals surface area contributed by atoms with E-state index in [1.54, 1.807) is 6.07 Å². The third-order valence-electron chi connectivity index (χ3n) is 3.36. The van der Waals surface area contributed by atoms with Crippen LogP contribution >= 0.6 is 11.6 Å². The van der Waals surface area contributed by atoms with E-state index in [9.17, 15) is 14.0 Å². The van der Waals surface area contributed by atoms with Gasteiger partial charge < -0.3 is 0 Å². The second-order valence-corrected chi connectivity index (χ2v) is 5.44. The van der Waals surface area contributed by atoms with Gasteiger partial charge in [0.2, 0.25) is 11.8 Å². The Kier molecular flexibility index (Phi) is 3.90. The number of imide groups is 1. The SMILES string of the molecule is CC(C)c1cc(F)c(Cl)c(C2CCC(=O)NC2=O)c1. The molecule has 2 rings (SSSR count). The smallest absolute Gasteiger partial charge is 0.234 e. The summed E-state index contributed by atoms with van der Waals surface area (Å²) >= 11 is 5.96. The van der Waals surface area contributed by atoms with Gasteiger partial charge in [-0.2, -0.15) is 0 Å². The number of benzene rings is 1. The molecule has 5 heteroatoms. The first kappa shape index (κ1) is 14.0. The summed E-state index contributed by atoms with van der Waals surface area (Å²) in [7, 11) is 0. The first-order valence-corrected chi connectivity index (χ1v) is 6.60. The van der Waals surface area contributed by atoms with Crippen molar-refractivity contribution in [3.8, 4) is 0 Å². The Morgan fingerprint density at radius 2 is 2.05 bits per heavy atom. The zero-order valence-corrected chi connectivity index (χ0v) is 11.6. The Morgan fingerprint density at radius 3 is 2.63 bits per heavy atom. The van der Waals surface area contributed by atoms with Crippen LogP contribution in [0.4, 0.5) is 4.39 Å². The standard InChI is InChI=1S/C14H15ClFNO2/c1-7(2)8-5-10(13(15)11(16)6-8)9-3-4-12(18)17-14(9)19/h5-7,9H,3-4H2,1-2H3,(H,17,18,19). The second-order valence-electron chi connectivity index (χ2n) is 5.06. The third kappa shape index (κ3) is 2.78.